The Morgan fingerprint density at radius 2 is 1.83 bits per heavy atom. The van der Waals surface area contributed by atoms with Crippen molar-refractivity contribution in [2.75, 3.05) is 11.9 Å². The second-order valence-electron chi connectivity index (χ2n) is 7.99. The van der Waals surface area contributed by atoms with Crippen LogP contribution in [0.25, 0.3) is 0 Å². The second kappa shape index (κ2) is 5.87. The van der Waals surface area contributed by atoms with Gasteiger partial charge in [-0.3, -0.25) is 9.59 Å². The van der Waals surface area contributed by atoms with Crippen LogP contribution in [0, 0.1) is 30.1 Å². The minimum Gasteiger partial charge on any atom is -0.455 e. The van der Waals surface area contributed by atoms with Crippen molar-refractivity contribution in [1.29, 1.82) is 0 Å². The molecule has 4 aliphatic carbocycles. The van der Waals surface area contributed by atoms with Gasteiger partial charge in [0.15, 0.2) is 6.61 Å². The number of aromatic nitrogens is 1. The number of anilines is 1. The van der Waals surface area contributed by atoms with Gasteiger partial charge in [0, 0.05) is 6.20 Å². The zero-order valence-corrected chi connectivity index (χ0v) is 14.1. The summed E-state index contributed by atoms with van der Waals surface area (Å²) in [5.41, 5.74) is 0.578. The van der Waals surface area contributed by atoms with E-state index in [1.165, 1.54) is 19.3 Å². The number of carbonyl (C=O) groups is 2. The number of ether oxygens (including phenoxy) is 1. The number of hydrogen-bond donors (Lipinski definition) is 1. The van der Waals surface area contributed by atoms with E-state index in [-0.39, 0.29) is 23.9 Å². The SMILES string of the molecule is Cc1cccnc1NC(=O)COC(=O)C12CC3CC(CC(C3)C1)C2. The number of pyridine rings is 1. The Morgan fingerprint density at radius 1 is 1.21 bits per heavy atom. The molecule has 1 amide bonds. The van der Waals surface area contributed by atoms with Gasteiger partial charge in [0.2, 0.25) is 0 Å². The molecule has 1 aromatic heterocycles. The molecule has 0 aliphatic heterocycles. The fraction of sp³-hybridized carbons (Fsp3) is 0.632. The van der Waals surface area contributed by atoms with Gasteiger partial charge in [-0.15, -0.1) is 0 Å². The van der Waals surface area contributed by atoms with E-state index in [1.807, 2.05) is 19.1 Å². The number of amides is 1. The van der Waals surface area contributed by atoms with Crippen molar-refractivity contribution < 1.29 is 14.3 Å². The van der Waals surface area contributed by atoms with Crippen LogP contribution in [0.15, 0.2) is 18.3 Å². The summed E-state index contributed by atoms with van der Waals surface area (Å²) in [6.45, 7) is 1.65. The number of nitrogens with one attached hydrogen (secondary N) is 1. The zero-order valence-electron chi connectivity index (χ0n) is 14.1. The molecule has 5 rings (SSSR count). The third kappa shape index (κ3) is 2.80. The maximum Gasteiger partial charge on any atom is 0.312 e. The van der Waals surface area contributed by atoms with E-state index in [0.717, 1.165) is 24.8 Å². The van der Waals surface area contributed by atoms with Crippen molar-refractivity contribution in [3.05, 3.63) is 23.9 Å². The summed E-state index contributed by atoms with van der Waals surface area (Å²) in [5.74, 6) is 2.11. The van der Waals surface area contributed by atoms with Crippen LogP contribution in [-0.4, -0.2) is 23.5 Å². The van der Waals surface area contributed by atoms with Gasteiger partial charge >= 0.3 is 5.97 Å². The van der Waals surface area contributed by atoms with Crippen LogP contribution in [0.1, 0.15) is 44.1 Å². The normalized spacial score (nSPS) is 33.3. The Hall–Kier alpha value is -1.91. The molecule has 1 heterocycles. The molecule has 128 valence electrons. The van der Waals surface area contributed by atoms with Crippen LogP contribution < -0.4 is 5.32 Å². The quantitative estimate of drug-likeness (QED) is 0.863. The Bertz CT molecular complexity index is 635. The smallest absolute Gasteiger partial charge is 0.312 e. The van der Waals surface area contributed by atoms with Gasteiger partial charge in [0.25, 0.3) is 5.91 Å². The van der Waals surface area contributed by atoms with Crippen molar-refractivity contribution in [2.45, 2.75) is 45.4 Å². The van der Waals surface area contributed by atoms with Crippen LogP contribution in [0.4, 0.5) is 5.82 Å². The monoisotopic (exact) mass is 328 g/mol. The van der Waals surface area contributed by atoms with E-state index in [4.69, 9.17) is 4.74 Å². The average molecular weight is 328 g/mol. The molecule has 0 spiro atoms. The average Bonchev–Trinajstić information content (AvgIpc) is 2.53. The van der Waals surface area contributed by atoms with Crippen LogP contribution in [0.2, 0.25) is 0 Å². The Labute approximate surface area is 142 Å². The first kappa shape index (κ1) is 15.6. The third-order valence-electron chi connectivity index (χ3n) is 6.07. The highest BCUT2D eigenvalue weighted by Gasteiger charge is 2.55. The summed E-state index contributed by atoms with van der Waals surface area (Å²) in [6.07, 6.45) is 8.35. The van der Waals surface area contributed by atoms with Gasteiger partial charge in [0.05, 0.1) is 5.41 Å². The van der Waals surface area contributed by atoms with Gasteiger partial charge in [-0.05, 0) is 74.8 Å². The van der Waals surface area contributed by atoms with Crippen LogP contribution in [0.5, 0.6) is 0 Å². The standard InChI is InChI=1S/C19H24N2O3/c1-12-3-2-4-20-17(12)21-16(22)11-24-18(23)19-8-13-5-14(9-19)7-15(6-13)10-19/h2-4,13-15H,5-11H2,1H3,(H,20,21,22). The van der Waals surface area contributed by atoms with Crippen LogP contribution in [0.3, 0.4) is 0 Å². The maximum absolute atomic E-state index is 12.7. The maximum atomic E-state index is 12.7. The highest BCUT2D eigenvalue weighted by molar-refractivity contribution is 5.93. The van der Waals surface area contributed by atoms with E-state index in [2.05, 4.69) is 10.3 Å². The molecule has 4 fully saturated rings. The molecule has 0 radical (unpaired) electrons. The number of rotatable bonds is 4. The number of hydrogen-bond acceptors (Lipinski definition) is 4. The fourth-order valence-corrected chi connectivity index (χ4v) is 5.43. The molecule has 5 heteroatoms. The molecule has 0 unspecified atom stereocenters. The number of carbonyl (C=O) groups excluding carboxylic acids is 2. The summed E-state index contributed by atoms with van der Waals surface area (Å²) in [5, 5.41) is 2.71. The number of aryl methyl sites for hydroxylation is 1. The summed E-state index contributed by atoms with van der Waals surface area (Å²) in [7, 11) is 0. The van der Waals surface area contributed by atoms with Crippen molar-refractivity contribution in [3.63, 3.8) is 0 Å². The lowest BCUT2D eigenvalue weighted by molar-refractivity contribution is -0.172. The zero-order chi connectivity index (χ0) is 16.7. The summed E-state index contributed by atoms with van der Waals surface area (Å²) in [6, 6.07) is 3.70. The first-order valence-electron chi connectivity index (χ1n) is 8.93. The lowest BCUT2D eigenvalue weighted by atomic mass is 9.49. The van der Waals surface area contributed by atoms with Crippen molar-refractivity contribution >= 4 is 17.7 Å². The van der Waals surface area contributed by atoms with Gasteiger partial charge < -0.3 is 10.1 Å². The molecular weight excluding hydrogens is 304 g/mol. The second-order valence-corrected chi connectivity index (χ2v) is 7.99. The molecule has 0 atom stereocenters. The predicted octanol–water partition coefficient (Wildman–Crippen LogP) is 3.09. The first-order chi connectivity index (χ1) is 11.5. The van der Waals surface area contributed by atoms with E-state index >= 15 is 0 Å². The minimum absolute atomic E-state index is 0.158. The summed E-state index contributed by atoms with van der Waals surface area (Å²) >= 11 is 0. The van der Waals surface area contributed by atoms with Gasteiger partial charge in [-0.1, -0.05) is 6.07 Å². The lowest BCUT2D eigenvalue weighted by Gasteiger charge is -2.55. The van der Waals surface area contributed by atoms with Gasteiger partial charge in [0.1, 0.15) is 5.82 Å². The van der Waals surface area contributed by atoms with E-state index in [9.17, 15) is 9.59 Å². The van der Waals surface area contributed by atoms with Crippen LogP contribution >= 0.6 is 0 Å². The molecular formula is C19H24N2O3. The topological polar surface area (TPSA) is 68.3 Å². The summed E-state index contributed by atoms with van der Waals surface area (Å²) < 4.78 is 5.42. The van der Waals surface area contributed by atoms with Crippen molar-refractivity contribution in [1.82, 2.24) is 4.98 Å². The van der Waals surface area contributed by atoms with Gasteiger partial charge in [-0.2, -0.15) is 0 Å². The molecule has 4 aliphatic rings. The minimum atomic E-state index is -0.324. The molecule has 1 N–H and O–H groups in total. The van der Waals surface area contributed by atoms with Crippen LogP contribution in [-0.2, 0) is 14.3 Å². The molecule has 24 heavy (non-hydrogen) atoms. The molecule has 0 aromatic carbocycles. The molecule has 4 saturated carbocycles. The Balaban J connectivity index is 1.35. The number of nitrogens with zero attached hydrogens (tertiary/aromatic N) is 1. The Morgan fingerprint density at radius 3 is 2.42 bits per heavy atom. The third-order valence-corrected chi connectivity index (χ3v) is 6.07. The van der Waals surface area contributed by atoms with Gasteiger partial charge in [-0.25, -0.2) is 4.98 Å². The van der Waals surface area contributed by atoms with E-state index < -0.39 is 0 Å². The predicted molar refractivity (Wildman–Crippen MR) is 89.2 cm³/mol. The Kier molecular flexibility index (Phi) is 3.82. The lowest BCUT2D eigenvalue weighted by Crippen LogP contribution is -2.50. The molecule has 4 bridgehead atoms. The summed E-state index contributed by atoms with van der Waals surface area (Å²) in [4.78, 5) is 28.9. The highest BCUT2D eigenvalue weighted by atomic mass is 16.5. The van der Waals surface area contributed by atoms with Crippen molar-refractivity contribution in [2.24, 2.45) is 23.2 Å². The molecule has 0 saturated heterocycles. The fourth-order valence-electron chi connectivity index (χ4n) is 5.43. The van der Waals surface area contributed by atoms with Crippen molar-refractivity contribution in [3.8, 4) is 0 Å². The highest BCUT2D eigenvalue weighted by Crippen LogP contribution is 2.60. The first-order valence-corrected chi connectivity index (χ1v) is 8.93. The largest absolute Gasteiger partial charge is 0.455 e. The van der Waals surface area contributed by atoms with E-state index in [1.54, 1.807) is 6.20 Å². The van der Waals surface area contributed by atoms with E-state index in [0.29, 0.717) is 23.6 Å². The number of esters is 1. The molecule has 1 aromatic rings. The molecule has 5 nitrogen and oxygen atoms in total.